The minimum absolute atomic E-state index is 0.201. The molecular formula is C22H32N2O. The molecule has 0 bridgehead atoms. The summed E-state index contributed by atoms with van der Waals surface area (Å²) >= 11 is 0. The van der Waals surface area contributed by atoms with E-state index >= 15 is 0 Å². The third kappa shape index (κ3) is 5.43. The van der Waals surface area contributed by atoms with Crippen molar-refractivity contribution in [3.63, 3.8) is 0 Å². The minimum atomic E-state index is 0.201. The van der Waals surface area contributed by atoms with Crippen molar-refractivity contribution in [3.8, 4) is 0 Å². The van der Waals surface area contributed by atoms with Crippen molar-refractivity contribution in [1.29, 1.82) is 0 Å². The molecule has 25 heavy (non-hydrogen) atoms. The van der Waals surface area contributed by atoms with Crippen LogP contribution < -0.4 is 0 Å². The molecule has 0 unspecified atom stereocenters. The average Bonchev–Trinajstić information content (AvgIpc) is 2.67. The number of carbonyl (C=O) groups is 1. The summed E-state index contributed by atoms with van der Waals surface area (Å²) in [6.45, 7) is 4.13. The molecule has 0 radical (unpaired) electrons. The van der Waals surface area contributed by atoms with Gasteiger partial charge in [0.1, 0.15) is 0 Å². The quantitative estimate of drug-likeness (QED) is 0.736. The predicted molar refractivity (Wildman–Crippen MR) is 103 cm³/mol. The highest BCUT2D eigenvalue weighted by Gasteiger charge is 2.27. The van der Waals surface area contributed by atoms with Gasteiger partial charge in [-0.25, -0.2) is 0 Å². The maximum atomic E-state index is 13.1. The zero-order valence-electron chi connectivity index (χ0n) is 15.6. The Morgan fingerprint density at radius 2 is 1.88 bits per heavy atom. The van der Waals surface area contributed by atoms with E-state index in [2.05, 4.69) is 59.3 Å². The molecule has 1 atom stereocenters. The van der Waals surface area contributed by atoms with E-state index in [9.17, 15) is 4.79 Å². The molecule has 0 N–H and O–H groups in total. The molecule has 2 aliphatic rings. The highest BCUT2D eigenvalue weighted by molar-refractivity contribution is 5.79. The number of piperidine rings is 1. The maximum Gasteiger partial charge on any atom is 0.226 e. The number of hydrogen-bond acceptors (Lipinski definition) is 2. The second-order valence-electron chi connectivity index (χ2n) is 7.75. The molecule has 1 aromatic carbocycles. The molecule has 1 heterocycles. The minimum Gasteiger partial charge on any atom is -0.342 e. The second-order valence-corrected chi connectivity index (χ2v) is 7.75. The van der Waals surface area contributed by atoms with Crippen LogP contribution in [-0.2, 0) is 11.2 Å². The fourth-order valence-electron chi connectivity index (χ4n) is 4.03. The lowest BCUT2D eigenvalue weighted by Crippen LogP contribution is -2.43. The molecule has 3 heteroatoms. The first kappa shape index (κ1) is 18.2. The third-order valence-corrected chi connectivity index (χ3v) is 5.76. The number of rotatable bonds is 6. The summed E-state index contributed by atoms with van der Waals surface area (Å²) in [5.41, 5.74) is 1.33. The number of amides is 1. The van der Waals surface area contributed by atoms with E-state index in [4.69, 9.17) is 0 Å². The van der Waals surface area contributed by atoms with Crippen molar-refractivity contribution >= 4 is 5.91 Å². The van der Waals surface area contributed by atoms with Gasteiger partial charge in [-0.2, -0.15) is 0 Å². The van der Waals surface area contributed by atoms with Crippen molar-refractivity contribution < 1.29 is 4.79 Å². The Labute approximate surface area is 152 Å². The topological polar surface area (TPSA) is 23.6 Å². The smallest absolute Gasteiger partial charge is 0.226 e. The van der Waals surface area contributed by atoms with Gasteiger partial charge in [-0.05, 0) is 70.1 Å². The third-order valence-electron chi connectivity index (χ3n) is 5.76. The molecule has 1 aromatic rings. The number of carbonyl (C=O) groups excluding carboxylic acids is 1. The standard InChI is InChI=1S/C22H32N2O/c1-23-15-12-20(13-16-23)18-24(17-14-19-8-4-2-5-9-19)22(25)21-10-6-3-7-11-21/h2-6,8-9,20-21H,7,10-18H2,1H3/t21-/m1/s1. The molecular weight excluding hydrogens is 308 g/mol. The van der Waals surface area contributed by atoms with E-state index < -0.39 is 0 Å². The van der Waals surface area contributed by atoms with Crippen molar-refractivity contribution in [1.82, 2.24) is 9.80 Å². The molecule has 0 spiro atoms. The molecule has 1 aliphatic heterocycles. The van der Waals surface area contributed by atoms with Crippen LogP contribution in [0.15, 0.2) is 42.5 Å². The normalized spacial score (nSPS) is 22.0. The Hall–Kier alpha value is -1.61. The van der Waals surface area contributed by atoms with E-state index in [1.807, 2.05) is 0 Å². The fraction of sp³-hybridized carbons (Fsp3) is 0.591. The first-order valence-electron chi connectivity index (χ1n) is 9.88. The lowest BCUT2D eigenvalue weighted by molar-refractivity contribution is -0.136. The second kappa shape index (κ2) is 9.19. The van der Waals surface area contributed by atoms with Crippen LogP contribution in [0, 0.1) is 11.8 Å². The van der Waals surface area contributed by atoms with Crippen molar-refractivity contribution in [2.45, 2.75) is 38.5 Å². The van der Waals surface area contributed by atoms with Gasteiger partial charge >= 0.3 is 0 Å². The van der Waals surface area contributed by atoms with E-state index in [-0.39, 0.29) is 5.92 Å². The first-order valence-corrected chi connectivity index (χ1v) is 9.88. The first-order chi connectivity index (χ1) is 12.2. The Morgan fingerprint density at radius 3 is 2.56 bits per heavy atom. The molecule has 0 saturated carbocycles. The van der Waals surface area contributed by atoms with Gasteiger partial charge in [0.05, 0.1) is 0 Å². The van der Waals surface area contributed by atoms with Crippen molar-refractivity contribution in [3.05, 3.63) is 48.0 Å². The van der Waals surface area contributed by atoms with Crippen LogP contribution in [0.25, 0.3) is 0 Å². The van der Waals surface area contributed by atoms with Crippen molar-refractivity contribution in [2.75, 3.05) is 33.2 Å². The Bertz CT molecular complexity index is 561. The average molecular weight is 341 g/mol. The Morgan fingerprint density at radius 1 is 1.12 bits per heavy atom. The highest BCUT2D eigenvalue weighted by Crippen LogP contribution is 2.23. The van der Waals surface area contributed by atoms with Crippen LogP contribution in [0.3, 0.4) is 0 Å². The van der Waals surface area contributed by atoms with Crippen LogP contribution >= 0.6 is 0 Å². The summed E-state index contributed by atoms with van der Waals surface area (Å²) < 4.78 is 0. The number of hydrogen-bond donors (Lipinski definition) is 0. The van der Waals surface area contributed by atoms with Crippen LogP contribution in [0.5, 0.6) is 0 Å². The number of likely N-dealkylation sites (tertiary alicyclic amines) is 1. The zero-order chi connectivity index (χ0) is 17.5. The zero-order valence-corrected chi connectivity index (χ0v) is 15.6. The van der Waals surface area contributed by atoms with Gasteiger partial charge in [0.25, 0.3) is 0 Å². The van der Waals surface area contributed by atoms with Crippen LogP contribution in [0.4, 0.5) is 0 Å². The Kier molecular flexibility index (Phi) is 6.69. The highest BCUT2D eigenvalue weighted by atomic mass is 16.2. The van der Waals surface area contributed by atoms with E-state index in [1.165, 1.54) is 18.4 Å². The summed E-state index contributed by atoms with van der Waals surface area (Å²) in [5.74, 6) is 1.25. The van der Waals surface area contributed by atoms with E-state index in [0.29, 0.717) is 11.8 Å². The lowest BCUT2D eigenvalue weighted by Gasteiger charge is -2.35. The largest absolute Gasteiger partial charge is 0.342 e. The molecule has 1 amide bonds. The molecule has 1 fully saturated rings. The van der Waals surface area contributed by atoms with Crippen molar-refractivity contribution in [2.24, 2.45) is 11.8 Å². The fourth-order valence-corrected chi connectivity index (χ4v) is 4.03. The molecule has 0 aromatic heterocycles. The van der Waals surface area contributed by atoms with Gasteiger partial charge in [-0.1, -0.05) is 42.5 Å². The summed E-state index contributed by atoms with van der Waals surface area (Å²) in [7, 11) is 2.20. The Balaban J connectivity index is 1.62. The van der Waals surface area contributed by atoms with Gasteiger partial charge in [0, 0.05) is 19.0 Å². The molecule has 3 nitrogen and oxygen atoms in total. The van der Waals surface area contributed by atoms with Crippen LogP contribution in [-0.4, -0.2) is 48.9 Å². The van der Waals surface area contributed by atoms with Crippen LogP contribution in [0.2, 0.25) is 0 Å². The molecule has 3 rings (SSSR count). The number of allylic oxidation sites excluding steroid dienone is 2. The summed E-state index contributed by atoms with van der Waals surface area (Å²) in [6.07, 6.45) is 10.8. The maximum absolute atomic E-state index is 13.1. The molecule has 1 aliphatic carbocycles. The van der Waals surface area contributed by atoms with Crippen LogP contribution in [0.1, 0.15) is 37.7 Å². The molecule has 1 saturated heterocycles. The van der Waals surface area contributed by atoms with E-state index in [1.54, 1.807) is 0 Å². The summed E-state index contributed by atoms with van der Waals surface area (Å²) in [6, 6.07) is 10.6. The number of nitrogens with zero attached hydrogens (tertiary/aromatic N) is 2. The van der Waals surface area contributed by atoms with Gasteiger partial charge in [0.15, 0.2) is 0 Å². The van der Waals surface area contributed by atoms with Gasteiger partial charge in [-0.3, -0.25) is 4.79 Å². The summed E-state index contributed by atoms with van der Waals surface area (Å²) in [5, 5.41) is 0. The number of benzene rings is 1. The van der Waals surface area contributed by atoms with Gasteiger partial charge in [0.2, 0.25) is 5.91 Å². The predicted octanol–water partition coefficient (Wildman–Crippen LogP) is 3.76. The molecule has 136 valence electrons. The van der Waals surface area contributed by atoms with Gasteiger partial charge < -0.3 is 9.80 Å². The monoisotopic (exact) mass is 340 g/mol. The summed E-state index contributed by atoms with van der Waals surface area (Å²) in [4.78, 5) is 17.7. The SMILES string of the molecule is CN1CCC(CN(CCc2ccccc2)C(=O)[C@@H]2CC=CCC2)CC1. The van der Waals surface area contributed by atoms with E-state index in [0.717, 1.165) is 51.9 Å². The van der Waals surface area contributed by atoms with Gasteiger partial charge in [-0.15, -0.1) is 0 Å². The lowest BCUT2D eigenvalue weighted by atomic mass is 9.91.